The van der Waals surface area contributed by atoms with Crippen LogP contribution in [0.25, 0.3) is 11.7 Å². The molecule has 0 bridgehead atoms. The number of hydrogen-bond donors (Lipinski definition) is 2. The van der Waals surface area contributed by atoms with Crippen molar-refractivity contribution in [1.82, 2.24) is 20.0 Å². The number of aryl methyl sites for hydroxylation is 1. The predicted molar refractivity (Wildman–Crippen MR) is 114 cm³/mol. The largest absolute Gasteiger partial charge is 0.352 e. The van der Waals surface area contributed by atoms with E-state index >= 15 is 0 Å². The molecule has 0 saturated heterocycles. The van der Waals surface area contributed by atoms with Crippen molar-refractivity contribution in [3.05, 3.63) is 70.9 Å². The number of thioether (sulfide) groups is 1. The van der Waals surface area contributed by atoms with E-state index in [4.69, 9.17) is 0 Å². The Morgan fingerprint density at radius 1 is 1.00 bits per heavy atom. The quantitative estimate of drug-likeness (QED) is 0.547. The number of nitrogens with one attached hydrogen (secondary N) is 2. The first-order valence-electron chi connectivity index (χ1n) is 9.70. The average molecular weight is 393 g/mol. The molecular formula is C22H24N4OS. The van der Waals surface area contributed by atoms with Crippen molar-refractivity contribution in [3.8, 4) is 0 Å². The van der Waals surface area contributed by atoms with Gasteiger partial charge in [0.2, 0.25) is 0 Å². The van der Waals surface area contributed by atoms with Gasteiger partial charge in [0, 0.05) is 6.54 Å². The van der Waals surface area contributed by atoms with Gasteiger partial charge in [-0.1, -0.05) is 48.2 Å². The smallest absolute Gasteiger partial charge is 0.258 e. The lowest BCUT2D eigenvalue weighted by Crippen LogP contribution is -2.28. The highest BCUT2D eigenvalue weighted by Crippen LogP contribution is 2.34. The first-order chi connectivity index (χ1) is 13.8. The topological polar surface area (TPSA) is 58.4 Å². The standard InChI is InChI=1S/C22H24N4OS/c27-22(19-15-18-16-25-20-10-4-11-21(28-19)26(18)20)24-14-6-13-23-12-5-9-17-7-2-1-3-8-17/h1-4,7-8,10-11,15-16,23H,5-6,9,12-14H2,(H,24,27). The van der Waals surface area contributed by atoms with Crippen molar-refractivity contribution in [2.24, 2.45) is 0 Å². The molecule has 1 aromatic carbocycles. The summed E-state index contributed by atoms with van der Waals surface area (Å²) < 4.78 is 2.07. The third-order valence-electron chi connectivity index (χ3n) is 4.72. The summed E-state index contributed by atoms with van der Waals surface area (Å²) in [5.41, 5.74) is 3.25. The molecule has 2 N–H and O–H groups in total. The van der Waals surface area contributed by atoms with Crippen molar-refractivity contribution < 1.29 is 4.79 Å². The Balaban J connectivity index is 1.15. The fraction of sp³-hybridized carbons (Fsp3) is 0.273. The number of carbonyl (C=O) groups is 1. The average Bonchev–Trinajstić information content (AvgIpc) is 3.15. The number of aromatic nitrogens is 2. The van der Waals surface area contributed by atoms with Crippen LogP contribution in [0, 0.1) is 0 Å². The maximum atomic E-state index is 12.5. The molecule has 4 rings (SSSR count). The van der Waals surface area contributed by atoms with Gasteiger partial charge in [-0.05, 0) is 56.1 Å². The number of rotatable bonds is 9. The molecule has 28 heavy (non-hydrogen) atoms. The van der Waals surface area contributed by atoms with Crippen LogP contribution < -0.4 is 10.6 Å². The van der Waals surface area contributed by atoms with Crippen LogP contribution in [0.2, 0.25) is 0 Å². The van der Waals surface area contributed by atoms with Crippen LogP contribution in [0.4, 0.5) is 0 Å². The van der Waals surface area contributed by atoms with Gasteiger partial charge in [0.15, 0.2) is 0 Å². The number of imidazole rings is 1. The van der Waals surface area contributed by atoms with Crippen LogP contribution in [0.15, 0.2) is 64.7 Å². The second-order valence-corrected chi connectivity index (χ2v) is 7.86. The molecule has 144 valence electrons. The van der Waals surface area contributed by atoms with Gasteiger partial charge in [0.1, 0.15) is 5.65 Å². The monoisotopic (exact) mass is 392 g/mol. The molecular weight excluding hydrogens is 368 g/mol. The van der Waals surface area contributed by atoms with E-state index < -0.39 is 0 Å². The molecule has 3 aromatic rings. The van der Waals surface area contributed by atoms with Gasteiger partial charge in [-0.25, -0.2) is 4.98 Å². The third-order valence-corrected chi connectivity index (χ3v) is 5.77. The number of hydrogen-bond acceptors (Lipinski definition) is 4. The van der Waals surface area contributed by atoms with Crippen molar-refractivity contribution in [2.75, 3.05) is 19.6 Å². The van der Waals surface area contributed by atoms with Gasteiger partial charge in [0.25, 0.3) is 5.91 Å². The maximum absolute atomic E-state index is 12.5. The first-order valence-corrected chi connectivity index (χ1v) is 10.5. The lowest BCUT2D eigenvalue weighted by molar-refractivity contribution is -0.116. The van der Waals surface area contributed by atoms with Crippen LogP contribution in [-0.4, -0.2) is 34.9 Å². The van der Waals surface area contributed by atoms with Gasteiger partial charge in [-0.2, -0.15) is 0 Å². The Bertz CT molecular complexity index is 981. The zero-order valence-corrected chi connectivity index (χ0v) is 16.5. The normalized spacial score (nSPS) is 12.8. The molecule has 0 aliphatic carbocycles. The molecule has 0 unspecified atom stereocenters. The molecule has 0 spiro atoms. The van der Waals surface area contributed by atoms with Crippen LogP contribution in [-0.2, 0) is 11.2 Å². The lowest BCUT2D eigenvalue weighted by Gasteiger charge is -2.15. The Labute approximate surface area is 169 Å². The summed E-state index contributed by atoms with van der Waals surface area (Å²) in [4.78, 5) is 17.6. The molecule has 3 heterocycles. The van der Waals surface area contributed by atoms with E-state index in [9.17, 15) is 4.79 Å². The summed E-state index contributed by atoms with van der Waals surface area (Å²) >= 11 is 1.49. The molecule has 1 amide bonds. The number of carbonyl (C=O) groups excluding carboxylic acids is 1. The van der Waals surface area contributed by atoms with Crippen LogP contribution in [0.1, 0.15) is 24.1 Å². The summed E-state index contributed by atoms with van der Waals surface area (Å²) in [6.07, 6.45) is 6.86. The number of nitrogens with zero attached hydrogens (tertiary/aromatic N) is 2. The summed E-state index contributed by atoms with van der Waals surface area (Å²) in [6.45, 7) is 2.58. The molecule has 0 fully saturated rings. The van der Waals surface area contributed by atoms with Crippen LogP contribution >= 0.6 is 11.8 Å². The summed E-state index contributed by atoms with van der Waals surface area (Å²) in [5.74, 6) is -0.0152. The molecule has 0 atom stereocenters. The van der Waals surface area contributed by atoms with Crippen molar-refractivity contribution in [3.63, 3.8) is 0 Å². The predicted octanol–water partition coefficient (Wildman–Crippen LogP) is 3.51. The Kier molecular flexibility index (Phi) is 6.09. The van der Waals surface area contributed by atoms with Gasteiger partial charge in [-0.15, -0.1) is 0 Å². The minimum Gasteiger partial charge on any atom is -0.352 e. The second kappa shape index (κ2) is 9.08. The first kappa shape index (κ1) is 18.8. The second-order valence-electron chi connectivity index (χ2n) is 6.80. The van der Waals surface area contributed by atoms with Gasteiger partial charge in [-0.3, -0.25) is 9.20 Å². The van der Waals surface area contributed by atoms with Crippen molar-refractivity contribution >= 4 is 29.4 Å². The number of pyridine rings is 1. The van der Waals surface area contributed by atoms with Crippen LogP contribution in [0.3, 0.4) is 0 Å². The van der Waals surface area contributed by atoms with E-state index in [-0.39, 0.29) is 5.91 Å². The van der Waals surface area contributed by atoms with Gasteiger partial charge in [0.05, 0.1) is 21.8 Å². The van der Waals surface area contributed by atoms with Crippen molar-refractivity contribution in [1.29, 1.82) is 0 Å². The van der Waals surface area contributed by atoms with Crippen molar-refractivity contribution in [2.45, 2.75) is 24.3 Å². The Morgan fingerprint density at radius 2 is 1.86 bits per heavy atom. The third kappa shape index (κ3) is 4.46. The highest BCUT2D eigenvalue weighted by atomic mass is 32.2. The van der Waals surface area contributed by atoms with E-state index in [1.54, 1.807) is 0 Å². The molecule has 5 nitrogen and oxygen atoms in total. The molecule has 1 aliphatic heterocycles. The number of benzene rings is 1. The van der Waals surface area contributed by atoms with Gasteiger partial charge < -0.3 is 10.6 Å². The Hall–Kier alpha value is -2.57. The highest BCUT2D eigenvalue weighted by Gasteiger charge is 2.19. The zero-order valence-electron chi connectivity index (χ0n) is 15.7. The fourth-order valence-corrected chi connectivity index (χ4v) is 4.29. The molecule has 2 aromatic heterocycles. The summed E-state index contributed by atoms with van der Waals surface area (Å²) in [5, 5.41) is 7.50. The summed E-state index contributed by atoms with van der Waals surface area (Å²) in [7, 11) is 0. The molecule has 6 heteroatoms. The van der Waals surface area contributed by atoms with E-state index in [1.165, 1.54) is 17.3 Å². The lowest BCUT2D eigenvalue weighted by atomic mass is 10.1. The molecule has 0 saturated carbocycles. The minimum absolute atomic E-state index is 0.0152. The summed E-state index contributed by atoms with van der Waals surface area (Å²) in [6, 6.07) is 16.5. The minimum atomic E-state index is -0.0152. The van der Waals surface area contributed by atoms with E-state index in [0.29, 0.717) is 6.54 Å². The van der Waals surface area contributed by atoms with Gasteiger partial charge >= 0.3 is 0 Å². The van der Waals surface area contributed by atoms with E-state index in [2.05, 4.69) is 44.3 Å². The molecule has 0 radical (unpaired) electrons. The zero-order chi connectivity index (χ0) is 19.2. The SMILES string of the molecule is O=C(NCCCNCCCc1ccccc1)C1=Cc2cnc3cccc(n23)S1. The molecule has 1 aliphatic rings. The Morgan fingerprint density at radius 3 is 2.75 bits per heavy atom. The van der Waals surface area contributed by atoms with E-state index in [1.807, 2.05) is 36.5 Å². The number of amides is 1. The maximum Gasteiger partial charge on any atom is 0.258 e. The van der Waals surface area contributed by atoms with E-state index in [0.717, 1.165) is 53.6 Å². The highest BCUT2D eigenvalue weighted by molar-refractivity contribution is 8.04. The van der Waals surface area contributed by atoms with Crippen LogP contribution in [0.5, 0.6) is 0 Å². The fourth-order valence-electron chi connectivity index (χ4n) is 3.29.